The molecule has 3 aromatic rings. The molecule has 0 amide bonds. The summed E-state index contributed by atoms with van der Waals surface area (Å²) in [6, 6.07) is 16.7. The molecule has 0 spiro atoms. The summed E-state index contributed by atoms with van der Waals surface area (Å²) in [5.74, 6) is 0.675. The van der Waals surface area contributed by atoms with Gasteiger partial charge in [-0.1, -0.05) is 30.3 Å². The predicted molar refractivity (Wildman–Crippen MR) is 77.9 cm³/mol. The number of halogens is 1. The number of furan rings is 1. The Morgan fingerprint density at radius 3 is 2.75 bits per heavy atom. The Bertz CT molecular complexity index is 687. The van der Waals surface area contributed by atoms with Crippen molar-refractivity contribution < 1.29 is 8.81 Å². The van der Waals surface area contributed by atoms with Crippen molar-refractivity contribution in [1.82, 2.24) is 5.32 Å². The summed E-state index contributed by atoms with van der Waals surface area (Å²) in [7, 11) is 0. The highest BCUT2D eigenvalue weighted by Gasteiger charge is 2.08. The number of rotatable bonds is 4. The van der Waals surface area contributed by atoms with Crippen LogP contribution in [-0.2, 0) is 6.54 Å². The van der Waals surface area contributed by atoms with Gasteiger partial charge in [-0.3, -0.25) is 0 Å². The molecule has 0 aliphatic carbocycles. The van der Waals surface area contributed by atoms with Crippen LogP contribution in [0.15, 0.2) is 59.0 Å². The molecule has 102 valence electrons. The first-order valence-electron chi connectivity index (χ1n) is 6.69. The van der Waals surface area contributed by atoms with Gasteiger partial charge in [0.1, 0.15) is 17.2 Å². The largest absolute Gasteiger partial charge is 0.460 e. The maximum atomic E-state index is 13.2. The Labute approximate surface area is 117 Å². The summed E-state index contributed by atoms with van der Waals surface area (Å²) < 4.78 is 18.9. The number of hydrogen-bond acceptors (Lipinski definition) is 2. The molecule has 3 rings (SSSR count). The summed E-state index contributed by atoms with van der Waals surface area (Å²) in [6.45, 7) is 2.63. The lowest BCUT2D eigenvalue weighted by Crippen LogP contribution is -2.17. The molecule has 0 saturated heterocycles. The summed E-state index contributed by atoms with van der Waals surface area (Å²) in [6.07, 6.45) is 0. The Balaban J connectivity index is 1.69. The molecule has 1 heterocycles. The third-order valence-corrected chi connectivity index (χ3v) is 3.41. The van der Waals surface area contributed by atoms with Gasteiger partial charge in [0, 0.05) is 11.4 Å². The fraction of sp³-hybridized carbons (Fsp3) is 0.176. The van der Waals surface area contributed by atoms with Crippen LogP contribution in [0.4, 0.5) is 4.39 Å². The van der Waals surface area contributed by atoms with Crippen LogP contribution in [0.2, 0.25) is 0 Å². The summed E-state index contributed by atoms with van der Waals surface area (Å²) in [4.78, 5) is 0. The van der Waals surface area contributed by atoms with Gasteiger partial charge in [-0.2, -0.15) is 0 Å². The van der Waals surface area contributed by atoms with Crippen LogP contribution in [0.25, 0.3) is 11.0 Å². The van der Waals surface area contributed by atoms with E-state index in [1.165, 1.54) is 6.07 Å². The molecule has 0 bridgehead atoms. The van der Waals surface area contributed by atoms with E-state index in [0.29, 0.717) is 6.54 Å². The topological polar surface area (TPSA) is 25.2 Å². The zero-order valence-electron chi connectivity index (χ0n) is 11.3. The molecule has 2 nitrogen and oxygen atoms in total. The molecule has 0 radical (unpaired) electrons. The van der Waals surface area contributed by atoms with E-state index in [9.17, 15) is 4.39 Å². The molecule has 1 N–H and O–H groups in total. The highest BCUT2D eigenvalue weighted by atomic mass is 19.1. The first-order chi connectivity index (χ1) is 9.72. The zero-order valence-corrected chi connectivity index (χ0v) is 11.3. The number of nitrogens with one attached hydrogen (secondary N) is 1. The van der Waals surface area contributed by atoms with Crippen molar-refractivity contribution in [2.24, 2.45) is 0 Å². The van der Waals surface area contributed by atoms with E-state index >= 15 is 0 Å². The quantitative estimate of drug-likeness (QED) is 0.758. The third kappa shape index (κ3) is 2.73. The minimum Gasteiger partial charge on any atom is -0.460 e. The molecule has 1 aromatic heterocycles. The molecule has 0 aliphatic rings. The standard InChI is InChI=1S/C17H16FNO/c1-12(13-6-4-7-15(18)9-13)19-11-16-10-14-5-2-3-8-17(14)20-16/h2-10,12,19H,11H2,1H3/t12-/m1/s1. The Kier molecular flexibility index (Phi) is 3.52. The summed E-state index contributed by atoms with van der Waals surface area (Å²) >= 11 is 0. The summed E-state index contributed by atoms with van der Waals surface area (Å²) in [5, 5.41) is 4.44. The van der Waals surface area contributed by atoms with Crippen molar-refractivity contribution in [2.75, 3.05) is 0 Å². The van der Waals surface area contributed by atoms with Crippen LogP contribution in [0.1, 0.15) is 24.3 Å². The van der Waals surface area contributed by atoms with Crippen LogP contribution in [0, 0.1) is 5.82 Å². The summed E-state index contributed by atoms with van der Waals surface area (Å²) in [5.41, 5.74) is 1.82. The number of benzene rings is 2. The fourth-order valence-electron chi connectivity index (χ4n) is 2.27. The van der Waals surface area contributed by atoms with Crippen molar-refractivity contribution in [1.29, 1.82) is 0 Å². The van der Waals surface area contributed by atoms with E-state index in [4.69, 9.17) is 4.42 Å². The van der Waals surface area contributed by atoms with Gasteiger partial charge >= 0.3 is 0 Å². The van der Waals surface area contributed by atoms with Gasteiger partial charge < -0.3 is 9.73 Å². The van der Waals surface area contributed by atoms with E-state index in [2.05, 4.69) is 5.32 Å². The van der Waals surface area contributed by atoms with Crippen molar-refractivity contribution in [3.63, 3.8) is 0 Å². The lowest BCUT2D eigenvalue weighted by molar-refractivity contribution is 0.481. The van der Waals surface area contributed by atoms with E-state index < -0.39 is 0 Å². The van der Waals surface area contributed by atoms with Gasteiger partial charge in [0.15, 0.2) is 0 Å². The Hall–Kier alpha value is -2.13. The van der Waals surface area contributed by atoms with Gasteiger partial charge in [-0.15, -0.1) is 0 Å². The molecular weight excluding hydrogens is 253 g/mol. The SMILES string of the molecule is C[C@@H](NCc1cc2ccccc2o1)c1cccc(F)c1. The van der Waals surface area contributed by atoms with Gasteiger partial charge in [0.2, 0.25) is 0 Å². The smallest absolute Gasteiger partial charge is 0.134 e. The molecule has 0 aliphatic heterocycles. The third-order valence-electron chi connectivity index (χ3n) is 3.41. The van der Waals surface area contributed by atoms with E-state index in [0.717, 1.165) is 22.3 Å². The van der Waals surface area contributed by atoms with E-state index in [1.807, 2.05) is 43.3 Å². The molecule has 20 heavy (non-hydrogen) atoms. The minimum absolute atomic E-state index is 0.0684. The van der Waals surface area contributed by atoms with Crippen LogP contribution in [-0.4, -0.2) is 0 Å². The maximum absolute atomic E-state index is 13.2. The van der Waals surface area contributed by atoms with Gasteiger partial charge in [-0.05, 0) is 36.8 Å². The molecule has 2 aromatic carbocycles. The van der Waals surface area contributed by atoms with Crippen molar-refractivity contribution in [3.8, 4) is 0 Å². The minimum atomic E-state index is -0.208. The van der Waals surface area contributed by atoms with Crippen LogP contribution in [0.3, 0.4) is 0 Å². The first kappa shape index (κ1) is 12.9. The monoisotopic (exact) mass is 269 g/mol. The lowest BCUT2D eigenvalue weighted by atomic mass is 10.1. The number of hydrogen-bond donors (Lipinski definition) is 1. The van der Waals surface area contributed by atoms with Gasteiger partial charge in [0.05, 0.1) is 6.54 Å². The average Bonchev–Trinajstić information content (AvgIpc) is 2.87. The second-order valence-corrected chi connectivity index (χ2v) is 4.91. The molecule has 1 atom stereocenters. The van der Waals surface area contributed by atoms with Crippen molar-refractivity contribution in [3.05, 3.63) is 71.7 Å². The zero-order chi connectivity index (χ0) is 13.9. The van der Waals surface area contributed by atoms with E-state index in [1.54, 1.807) is 12.1 Å². The van der Waals surface area contributed by atoms with E-state index in [-0.39, 0.29) is 11.9 Å². The highest BCUT2D eigenvalue weighted by molar-refractivity contribution is 5.77. The molecule has 3 heteroatoms. The van der Waals surface area contributed by atoms with Gasteiger partial charge in [-0.25, -0.2) is 4.39 Å². The first-order valence-corrected chi connectivity index (χ1v) is 6.69. The number of fused-ring (bicyclic) bond motifs is 1. The van der Waals surface area contributed by atoms with Crippen LogP contribution >= 0.6 is 0 Å². The van der Waals surface area contributed by atoms with Gasteiger partial charge in [0.25, 0.3) is 0 Å². The Morgan fingerprint density at radius 2 is 1.95 bits per heavy atom. The predicted octanol–water partition coefficient (Wildman–Crippen LogP) is 4.42. The van der Waals surface area contributed by atoms with Crippen molar-refractivity contribution >= 4 is 11.0 Å². The second-order valence-electron chi connectivity index (χ2n) is 4.91. The fourth-order valence-corrected chi connectivity index (χ4v) is 2.27. The number of para-hydroxylation sites is 1. The molecule has 0 unspecified atom stereocenters. The Morgan fingerprint density at radius 1 is 1.10 bits per heavy atom. The lowest BCUT2D eigenvalue weighted by Gasteiger charge is -2.13. The maximum Gasteiger partial charge on any atom is 0.134 e. The average molecular weight is 269 g/mol. The van der Waals surface area contributed by atoms with Crippen LogP contribution < -0.4 is 5.32 Å². The van der Waals surface area contributed by atoms with Crippen molar-refractivity contribution in [2.45, 2.75) is 19.5 Å². The highest BCUT2D eigenvalue weighted by Crippen LogP contribution is 2.20. The molecular formula is C17H16FNO. The molecule has 0 saturated carbocycles. The van der Waals surface area contributed by atoms with Crippen LogP contribution in [0.5, 0.6) is 0 Å². The molecule has 0 fully saturated rings. The second kappa shape index (κ2) is 5.47. The normalized spacial score (nSPS) is 12.7.